The smallest absolute Gasteiger partial charge is 0.265 e. The molecule has 0 aliphatic rings. The van der Waals surface area contributed by atoms with Gasteiger partial charge in [-0.05, 0) is 30.7 Å². The van der Waals surface area contributed by atoms with Gasteiger partial charge in [0.1, 0.15) is 0 Å². The first-order valence-corrected chi connectivity index (χ1v) is 11.2. The summed E-state index contributed by atoms with van der Waals surface area (Å²) in [4.78, 5) is 25.0. The number of carbonyl (C=O) groups excluding carboxylic acids is 2. The summed E-state index contributed by atoms with van der Waals surface area (Å²) in [6, 6.07) is 17.7. The van der Waals surface area contributed by atoms with Gasteiger partial charge in [0.2, 0.25) is 15.8 Å². The van der Waals surface area contributed by atoms with Gasteiger partial charge < -0.3 is 4.57 Å². The van der Waals surface area contributed by atoms with Gasteiger partial charge in [-0.1, -0.05) is 60.2 Å². The molecule has 0 atom stereocenters. The van der Waals surface area contributed by atoms with Gasteiger partial charge in [0, 0.05) is 23.9 Å². The molecule has 0 spiro atoms. The minimum atomic E-state index is -3.65. The highest BCUT2D eigenvalue weighted by molar-refractivity contribution is 7.89. The van der Waals surface area contributed by atoms with Crippen molar-refractivity contribution in [3.63, 3.8) is 0 Å². The Morgan fingerprint density at radius 2 is 1.70 bits per heavy atom. The fourth-order valence-corrected chi connectivity index (χ4v) is 3.44. The molecular formula is C23H22N2O4S. The average Bonchev–Trinajstić information content (AvgIpc) is 3.15. The maximum atomic E-state index is 12.8. The summed E-state index contributed by atoms with van der Waals surface area (Å²) in [6.45, 7) is 2.39. The number of nitrogens with one attached hydrogen (secondary N) is 1. The number of ketones is 1. The van der Waals surface area contributed by atoms with E-state index in [2.05, 4.69) is 0 Å². The molecule has 0 bridgehead atoms. The van der Waals surface area contributed by atoms with E-state index in [4.69, 9.17) is 0 Å². The fraction of sp³-hybridized carbons (Fsp3) is 0.130. The van der Waals surface area contributed by atoms with Gasteiger partial charge in [-0.15, -0.1) is 0 Å². The van der Waals surface area contributed by atoms with E-state index < -0.39 is 15.9 Å². The van der Waals surface area contributed by atoms with Crippen LogP contribution < -0.4 is 4.72 Å². The number of rotatable bonds is 7. The zero-order valence-corrected chi connectivity index (χ0v) is 17.5. The quantitative estimate of drug-likeness (QED) is 0.591. The molecule has 6 nitrogen and oxygen atoms in total. The van der Waals surface area contributed by atoms with E-state index in [1.807, 2.05) is 58.8 Å². The van der Waals surface area contributed by atoms with E-state index in [9.17, 15) is 18.0 Å². The maximum Gasteiger partial charge on any atom is 0.265 e. The normalized spacial score (nSPS) is 11.5. The molecule has 1 heterocycles. The molecular weight excluding hydrogens is 400 g/mol. The molecule has 30 heavy (non-hydrogen) atoms. The van der Waals surface area contributed by atoms with Gasteiger partial charge in [-0.2, -0.15) is 0 Å². The number of sulfonamides is 1. The first kappa shape index (κ1) is 21.3. The van der Waals surface area contributed by atoms with Crippen LogP contribution in [0.2, 0.25) is 0 Å². The standard InChI is InChI=1S/C23H22N2O4S/c1-17-11-13-19(14-12-17)22(26)21-10-6-16-25(21)15-5-8-18-7-3-4-9-20(18)23(27)24-30(2,28)29/h3-14,16H,15H2,1-2H3,(H,24,27)/b8-5+. The summed E-state index contributed by atoms with van der Waals surface area (Å²) in [6.07, 6.45) is 6.30. The SMILES string of the molecule is Cc1ccc(C(=O)c2cccn2C/C=C/c2ccccc2C(=O)NS(C)(=O)=O)cc1. The summed E-state index contributed by atoms with van der Waals surface area (Å²) in [5.74, 6) is -0.754. The molecule has 0 saturated carbocycles. The number of carbonyl (C=O) groups is 2. The molecule has 0 saturated heterocycles. The van der Waals surface area contributed by atoms with E-state index >= 15 is 0 Å². The molecule has 0 unspecified atom stereocenters. The second kappa shape index (κ2) is 8.92. The largest absolute Gasteiger partial charge is 0.341 e. The Morgan fingerprint density at radius 1 is 1.00 bits per heavy atom. The van der Waals surface area contributed by atoms with Crippen LogP contribution >= 0.6 is 0 Å². The van der Waals surface area contributed by atoms with Crippen LogP contribution in [0.1, 0.15) is 37.5 Å². The van der Waals surface area contributed by atoms with E-state index in [1.54, 1.807) is 36.4 Å². The van der Waals surface area contributed by atoms with Crippen molar-refractivity contribution in [1.82, 2.24) is 9.29 Å². The molecule has 1 aromatic heterocycles. The fourth-order valence-electron chi connectivity index (χ4n) is 3.00. The predicted molar refractivity (Wildman–Crippen MR) is 117 cm³/mol. The van der Waals surface area contributed by atoms with E-state index in [1.165, 1.54) is 0 Å². The topological polar surface area (TPSA) is 85.2 Å². The highest BCUT2D eigenvalue weighted by atomic mass is 32.2. The molecule has 3 rings (SSSR count). The third-order valence-corrected chi connectivity index (χ3v) is 5.02. The van der Waals surface area contributed by atoms with Crippen LogP contribution in [-0.4, -0.2) is 30.9 Å². The number of nitrogens with zero attached hydrogens (tertiary/aromatic N) is 1. The van der Waals surface area contributed by atoms with E-state index in [-0.39, 0.29) is 11.3 Å². The molecule has 0 fully saturated rings. The lowest BCUT2D eigenvalue weighted by atomic mass is 10.1. The predicted octanol–water partition coefficient (Wildman–Crippen LogP) is 3.43. The van der Waals surface area contributed by atoms with Gasteiger partial charge in [0.05, 0.1) is 11.9 Å². The van der Waals surface area contributed by atoms with Crippen molar-refractivity contribution in [2.24, 2.45) is 0 Å². The number of hydrogen-bond acceptors (Lipinski definition) is 4. The summed E-state index contributed by atoms with van der Waals surface area (Å²) in [5.41, 5.74) is 3.10. The molecule has 1 amide bonds. The Hall–Kier alpha value is -3.45. The Kier molecular flexibility index (Phi) is 6.32. The third kappa shape index (κ3) is 5.33. The second-order valence-electron chi connectivity index (χ2n) is 6.93. The zero-order valence-electron chi connectivity index (χ0n) is 16.7. The van der Waals surface area contributed by atoms with Crippen molar-refractivity contribution >= 4 is 27.8 Å². The van der Waals surface area contributed by atoms with Crippen LogP contribution in [-0.2, 0) is 16.6 Å². The zero-order chi connectivity index (χ0) is 21.7. The number of aryl methyl sites for hydroxylation is 1. The minimum Gasteiger partial charge on any atom is -0.341 e. The molecule has 3 aromatic rings. The Bertz CT molecular complexity index is 1210. The lowest BCUT2D eigenvalue weighted by molar-refractivity contribution is 0.0980. The summed E-state index contributed by atoms with van der Waals surface area (Å²) in [7, 11) is -3.65. The van der Waals surface area contributed by atoms with Gasteiger partial charge in [0.15, 0.2) is 0 Å². The molecule has 1 N–H and O–H groups in total. The Labute approximate surface area is 175 Å². The molecule has 7 heteroatoms. The van der Waals surface area contributed by atoms with Gasteiger partial charge >= 0.3 is 0 Å². The Balaban J connectivity index is 1.78. The molecule has 0 aliphatic carbocycles. The van der Waals surface area contributed by atoms with Gasteiger partial charge in [-0.25, -0.2) is 13.1 Å². The lowest BCUT2D eigenvalue weighted by Gasteiger charge is -2.08. The third-order valence-electron chi connectivity index (χ3n) is 4.46. The Morgan fingerprint density at radius 3 is 2.40 bits per heavy atom. The highest BCUT2D eigenvalue weighted by Crippen LogP contribution is 2.14. The molecule has 2 aromatic carbocycles. The molecule has 0 aliphatic heterocycles. The maximum absolute atomic E-state index is 12.8. The van der Waals surface area contributed by atoms with Crippen LogP contribution in [0, 0.1) is 6.92 Å². The second-order valence-corrected chi connectivity index (χ2v) is 8.68. The van der Waals surface area contributed by atoms with Crippen molar-refractivity contribution in [2.45, 2.75) is 13.5 Å². The van der Waals surface area contributed by atoms with Crippen molar-refractivity contribution < 1.29 is 18.0 Å². The summed E-state index contributed by atoms with van der Waals surface area (Å²) < 4.78 is 26.5. The number of aromatic nitrogens is 1. The summed E-state index contributed by atoms with van der Waals surface area (Å²) in [5, 5.41) is 0. The highest BCUT2D eigenvalue weighted by Gasteiger charge is 2.14. The number of allylic oxidation sites excluding steroid dienone is 1. The van der Waals surface area contributed by atoms with Crippen molar-refractivity contribution in [1.29, 1.82) is 0 Å². The van der Waals surface area contributed by atoms with Crippen LogP contribution in [0.4, 0.5) is 0 Å². The average molecular weight is 423 g/mol. The number of amides is 1. The minimum absolute atomic E-state index is 0.0682. The van der Waals surface area contributed by atoms with Crippen molar-refractivity contribution in [2.75, 3.05) is 6.26 Å². The first-order valence-electron chi connectivity index (χ1n) is 9.29. The van der Waals surface area contributed by atoms with Gasteiger partial charge in [0.25, 0.3) is 5.91 Å². The van der Waals surface area contributed by atoms with Crippen molar-refractivity contribution in [3.8, 4) is 0 Å². The van der Waals surface area contributed by atoms with E-state index in [0.717, 1.165) is 11.8 Å². The number of hydrogen-bond donors (Lipinski definition) is 1. The molecule has 0 radical (unpaired) electrons. The van der Waals surface area contributed by atoms with Crippen LogP contribution in [0.3, 0.4) is 0 Å². The van der Waals surface area contributed by atoms with Gasteiger partial charge in [-0.3, -0.25) is 9.59 Å². The first-order chi connectivity index (χ1) is 14.2. The molecule has 154 valence electrons. The van der Waals surface area contributed by atoms with E-state index in [0.29, 0.717) is 23.4 Å². The number of benzene rings is 2. The monoisotopic (exact) mass is 422 g/mol. The summed E-state index contributed by atoms with van der Waals surface area (Å²) >= 11 is 0. The van der Waals surface area contributed by atoms with Crippen LogP contribution in [0.5, 0.6) is 0 Å². The van der Waals surface area contributed by atoms with Crippen LogP contribution in [0.15, 0.2) is 72.9 Å². The van der Waals surface area contributed by atoms with Crippen LogP contribution in [0.25, 0.3) is 6.08 Å². The van der Waals surface area contributed by atoms with Crippen molar-refractivity contribution in [3.05, 3.63) is 101 Å². The lowest BCUT2D eigenvalue weighted by Crippen LogP contribution is -2.29.